The van der Waals surface area contributed by atoms with Gasteiger partial charge in [0.15, 0.2) is 5.69 Å². The maximum absolute atomic E-state index is 13.1. The average molecular weight is 425 g/mol. The Balaban J connectivity index is 1.60. The van der Waals surface area contributed by atoms with Crippen LogP contribution in [0.5, 0.6) is 0 Å². The van der Waals surface area contributed by atoms with Gasteiger partial charge in [0.1, 0.15) is 6.17 Å². The number of nitrogens with two attached hydrogens (primary N) is 1. The first kappa shape index (κ1) is 20.6. The third kappa shape index (κ3) is 4.00. The monoisotopic (exact) mass is 425 g/mol. The lowest BCUT2D eigenvalue weighted by molar-refractivity contribution is -0.137. The number of hydrogen-bond acceptors (Lipinski definition) is 5. The number of anilines is 1. The van der Waals surface area contributed by atoms with Gasteiger partial charge in [-0.15, -0.1) is 0 Å². The number of nitrogens with one attached hydrogen (secondary N) is 1. The van der Waals surface area contributed by atoms with E-state index in [1.54, 1.807) is 31.3 Å². The van der Waals surface area contributed by atoms with Crippen molar-refractivity contribution in [3.63, 3.8) is 0 Å². The Morgan fingerprint density at radius 1 is 1.42 bits per heavy atom. The predicted octanol–water partition coefficient (Wildman–Crippen LogP) is 0.212. The van der Waals surface area contributed by atoms with Crippen molar-refractivity contribution in [3.8, 4) is 17.5 Å². The van der Waals surface area contributed by atoms with Crippen molar-refractivity contribution in [2.24, 2.45) is 11.7 Å². The zero-order valence-corrected chi connectivity index (χ0v) is 16.6. The Kier molecular flexibility index (Phi) is 4.99. The number of likely N-dealkylation sites (tertiary alicyclic amines) is 1. The fourth-order valence-electron chi connectivity index (χ4n) is 3.31. The third-order valence-corrected chi connectivity index (χ3v) is 5.29. The molecule has 3 amide bonds. The van der Waals surface area contributed by atoms with E-state index in [1.807, 2.05) is 0 Å². The molecule has 1 saturated carbocycles. The van der Waals surface area contributed by atoms with Gasteiger partial charge in [-0.3, -0.25) is 14.4 Å². The summed E-state index contributed by atoms with van der Waals surface area (Å²) < 4.78 is 14.5. The molecule has 2 heterocycles. The molecule has 2 fully saturated rings. The van der Waals surface area contributed by atoms with Crippen LogP contribution in [0.15, 0.2) is 30.5 Å². The van der Waals surface area contributed by atoms with Gasteiger partial charge in [-0.05, 0) is 24.6 Å². The first-order chi connectivity index (χ1) is 14.7. The number of nitrogens with zero attached hydrogens (tertiary/aromatic N) is 3. The van der Waals surface area contributed by atoms with Gasteiger partial charge in [0.25, 0.3) is 11.8 Å². The second-order valence-electron chi connectivity index (χ2n) is 7.68. The molecule has 10 heteroatoms. The molecule has 0 bridgehead atoms. The fourth-order valence-corrected chi connectivity index (χ4v) is 3.31. The SMILES string of the molecule is CN1CC[C@@](O)(C#Cc2cccc(-n3cc(NC(=O)[C@@H]4C[C@@H]4F)c(C(N)=O)n3)c2)C1=O. The summed E-state index contributed by atoms with van der Waals surface area (Å²) in [7, 11) is 1.60. The highest BCUT2D eigenvalue weighted by Gasteiger charge is 2.44. The summed E-state index contributed by atoms with van der Waals surface area (Å²) in [6.07, 6.45) is 0.601. The van der Waals surface area contributed by atoms with Gasteiger partial charge in [-0.2, -0.15) is 5.10 Å². The highest BCUT2D eigenvalue weighted by Crippen LogP contribution is 2.35. The molecule has 1 aromatic heterocycles. The molecule has 1 aromatic carbocycles. The van der Waals surface area contributed by atoms with Crippen LogP contribution in [-0.2, 0) is 9.59 Å². The smallest absolute Gasteiger partial charge is 0.271 e. The van der Waals surface area contributed by atoms with Gasteiger partial charge in [0.05, 0.1) is 23.5 Å². The lowest BCUT2D eigenvalue weighted by atomic mass is 10.0. The van der Waals surface area contributed by atoms with Crippen LogP contribution in [0, 0.1) is 17.8 Å². The first-order valence-corrected chi connectivity index (χ1v) is 9.64. The lowest BCUT2D eigenvalue weighted by Gasteiger charge is -2.13. The van der Waals surface area contributed by atoms with Crippen molar-refractivity contribution >= 4 is 23.4 Å². The summed E-state index contributed by atoms with van der Waals surface area (Å²) >= 11 is 0. The summed E-state index contributed by atoms with van der Waals surface area (Å²) in [6, 6.07) is 6.71. The van der Waals surface area contributed by atoms with Crippen LogP contribution in [-0.4, -0.2) is 62.9 Å². The van der Waals surface area contributed by atoms with E-state index in [0.29, 0.717) is 17.8 Å². The second-order valence-corrected chi connectivity index (χ2v) is 7.68. The molecule has 1 saturated heterocycles. The van der Waals surface area contributed by atoms with E-state index in [2.05, 4.69) is 22.3 Å². The molecule has 0 radical (unpaired) electrons. The maximum atomic E-state index is 13.1. The third-order valence-electron chi connectivity index (χ3n) is 5.29. The molecule has 2 aliphatic rings. The summed E-state index contributed by atoms with van der Waals surface area (Å²) in [5, 5.41) is 17.1. The summed E-state index contributed by atoms with van der Waals surface area (Å²) in [4.78, 5) is 37.3. The molecule has 31 heavy (non-hydrogen) atoms. The first-order valence-electron chi connectivity index (χ1n) is 9.64. The molecule has 0 unspecified atom stereocenters. The summed E-state index contributed by atoms with van der Waals surface area (Å²) in [5.74, 6) is 2.88. The standard InChI is InChI=1S/C21H20FN5O4/c1-26-8-7-21(31,20(26)30)6-5-12-3-2-4-13(9-12)27-11-16(17(25-27)18(23)28)24-19(29)14-10-15(14)22/h2-4,9,11,14-15,31H,7-8,10H2,1H3,(H2,23,28)(H,24,29)/t14-,15+,21+/m1/s1. The Hall–Kier alpha value is -3.71. The van der Waals surface area contributed by atoms with E-state index in [1.165, 1.54) is 15.8 Å². The van der Waals surface area contributed by atoms with Crippen molar-refractivity contribution in [1.29, 1.82) is 0 Å². The minimum atomic E-state index is -1.72. The number of alkyl halides is 1. The van der Waals surface area contributed by atoms with E-state index in [0.717, 1.165) is 0 Å². The summed E-state index contributed by atoms with van der Waals surface area (Å²) in [5.41, 5.74) is 4.58. The topological polar surface area (TPSA) is 131 Å². The number of benzene rings is 1. The van der Waals surface area contributed by atoms with Gasteiger partial charge in [0.2, 0.25) is 11.5 Å². The van der Waals surface area contributed by atoms with Gasteiger partial charge < -0.3 is 21.1 Å². The quantitative estimate of drug-likeness (QED) is 0.603. The number of primary amides is 1. The molecule has 160 valence electrons. The molecule has 2 aromatic rings. The fraction of sp³-hybridized carbons (Fsp3) is 0.333. The van der Waals surface area contributed by atoms with Crippen molar-refractivity contribution < 1.29 is 23.9 Å². The Morgan fingerprint density at radius 2 is 2.16 bits per heavy atom. The molecule has 1 aliphatic heterocycles. The number of amides is 3. The van der Waals surface area contributed by atoms with E-state index in [4.69, 9.17) is 5.73 Å². The van der Waals surface area contributed by atoms with Gasteiger partial charge in [-0.25, -0.2) is 9.07 Å². The number of carbonyl (C=O) groups excluding carboxylic acids is 3. The molecule has 4 N–H and O–H groups in total. The minimum absolute atomic E-state index is 0.0852. The van der Waals surface area contributed by atoms with Crippen LogP contribution in [0.3, 0.4) is 0 Å². The lowest BCUT2D eigenvalue weighted by Crippen LogP contribution is -2.37. The van der Waals surface area contributed by atoms with E-state index in [9.17, 15) is 23.9 Å². The van der Waals surface area contributed by atoms with Crippen LogP contribution >= 0.6 is 0 Å². The second kappa shape index (κ2) is 7.52. The molecule has 1 aliphatic carbocycles. The van der Waals surface area contributed by atoms with Crippen LogP contribution in [0.2, 0.25) is 0 Å². The number of likely N-dealkylation sites (N-methyl/N-ethyl adjacent to an activating group) is 1. The highest BCUT2D eigenvalue weighted by molar-refractivity contribution is 6.02. The van der Waals surface area contributed by atoms with Crippen molar-refractivity contribution in [2.75, 3.05) is 18.9 Å². The van der Waals surface area contributed by atoms with E-state index in [-0.39, 0.29) is 24.2 Å². The largest absolute Gasteiger partial charge is 0.369 e. The van der Waals surface area contributed by atoms with Crippen LogP contribution in [0.25, 0.3) is 5.69 Å². The number of aliphatic hydroxyl groups is 1. The van der Waals surface area contributed by atoms with Crippen LogP contribution in [0.1, 0.15) is 28.9 Å². The normalized spacial score (nSPS) is 24.5. The summed E-state index contributed by atoms with van der Waals surface area (Å²) in [6.45, 7) is 0.422. The van der Waals surface area contributed by atoms with Crippen molar-refractivity contribution in [2.45, 2.75) is 24.6 Å². The predicted molar refractivity (Wildman–Crippen MR) is 108 cm³/mol. The van der Waals surface area contributed by atoms with Gasteiger partial charge in [0, 0.05) is 25.6 Å². The zero-order valence-electron chi connectivity index (χ0n) is 16.6. The molecular weight excluding hydrogens is 405 g/mol. The Labute approximate surface area is 177 Å². The zero-order chi connectivity index (χ0) is 22.3. The molecule has 3 atom stereocenters. The molecule has 4 rings (SSSR count). The van der Waals surface area contributed by atoms with Crippen molar-refractivity contribution in [1.82, 2.24) is 14.7 Å². The molecular formula is C21H20FN5O4. The average Bonchev–Trinajstić information content (AvgIpc) is 3.23. The van der Waals surface area contributed by atoms with Crippen molar-refractivity contribution in [3.05, 3.63) is 41.7 Å². The molecule has 9 nitrogen and oxygen atoms in total. The molecule has 0 spiro atoms. The number of aromatic nitrogens is 2. The Bertz CT molecular complexity index is 1150. The number of hydrogen-bond donors (Lipinski definition) is 3. The minimum Gasteiger partial charge on any atom is -0.369 e. The van der Waals surface area contributed by atoms with E-state index < -0.39 is 35.4 Å². The number of halogens is 1. The van der Waals surface area contributed by atoms with E-state index >= 15 is 0 Å². The number of carbonyl (C=O) groups is 3. The maximum Gasteiger partial charge on any atom is 0.271 e. The van der Waals surface area contributed by atoms with Crippen LogP contribution < -0.4 is 11.1 Å². The highest BCUT2D eigenvalue weighted by atomic mass is 19.1. The van der Waals surface area contributed by atoms with Crippen LogP contribution in [0.4, 0.5) is 10.1 Å². The number of rotatable bonds is 4. The Morgan fingerprint density at radius 3 is 2.77 bits per heavy atom. The van der Waals surface area contributed by atoms with Gasteiger partial charge >= 0.3 is 0 Å². The van der Waals surface area contributed by atoms with Gasteiger partial charge in [-0.1, -0.05) is 17.9 Å².